The molecule has 2 N–H and O–H groups in total. The summed E-state index contributed by atoms with van der Waals surface area (Å²) < 4.78 is 12.8. The molecule has 0 aliphatic heterocycles. The average molecular weight is 444 g/mol. The number of carbonyl (C=O) groups is 1. The molecule has 1 amide bonds. The third-order valence-corrected chi connectivity index (χ3v) is 4.61. The van der Waals surface area contributed by atoms with E-state index in [0.29, 0.717) is 47.6 Å². The average Bonchev–Trinajstić information content (AvgIpc) is 3.37. The van der Waals surface area contributed by atoms with Crippen molar-refractivity contribution < 1.29 is 14.3 Å². The van der Waals surface area contributed by atoms with E-state index in [4.69, 9.17) is 9.47 Å². The van der Waals surface area contributed by atoms with Crippen molar-refractivity contribution in [3.63, 3.8) is 0 Å². The van der Waals surface area contributed by atoms with Gasteiger partial charge in [-0.2, -0.15) is 5.10 Å². The van der Waals surface area contributed by atoms with Crippen LogP contribution in [-0.4, -0.2) is 39.1 Å². The summed E-state index contributed by atoms with van der Waals surface area (Å²) in [5, 5.41) is 18.5. The van der Waals surface area contributed by atoms with Gasteiger partial charge in [0.1, 0.15) is 0 Å². The first-order valence-corrected chi connectivity index (χ1v) is 10.6. The van der Waals surface area contributed by atoms with Gasteiger partial charge < -0.3 is 20.1 Å². The van der Waals surface area contributed by atoms with Crippen molar-refractivity contribution in [2.45, 2.75) is 13.8 Å². The lowest BCUT2D eigenvalue weighted by Gasteiger charge is -2.13. The van der Waals surface area contributed by atoms with Crippen molar-refractivity contribution >= 4 is 23.1 Å². The van der Waals surface area contributed by atoms with Gasteiger partial charge in [-0.15, -0.1) is 10.2 Å². The van der Waals surface area contributed by atoms with Gasteiger partial charge in [0.05, 0.1) is 13.2 Å². The molecule has 9 nitrogen and oxygen atoms in total. The first kappa shape index (κ1) is 21.8. The van der Waals surface area contributed by atoms with Gasteiger partial charge in [-0.1, -0.05) is 0 Å². The number of hydrogen-bond acceptors (Lipinski definition) is 7. The summed E-state index contributed by atoms with van der Waals surface area (Å²) in [7, 11) is 0. The predicted molar refractivity (Wildman–Crippen MR) is 126 cm³/mol. The van der Waals surface area contributed by atoms with Gasteiger partial charge in [0, 0.05) is 29.3 Å². The Morgan fingerprint density at radius 2 is 1.67 bits per heavy atom. The highest BCUT2D eigenvalue weighted by Crippen LogP contribution is 2.29. The minimum Gasteiger partial charge on any atom is -0.490 e. The number of ether oxygens (including phenoxy) is 2. The molecule has 0 fully saturated rings. The molecule has 0 aliphatic carbocycles. The SMILES string of the molecule is CCOc1ccc(C(=O)Nc2ccc(Nc3ccc(-n4cccn4)nn3)cc2)cc1OCC. The van der Waals surface area contributed by atoms with Gasteiger partial charge in [-0.25, -0.2) is 4.68 Å². The van der Waals surface area contributed by atoms with E-state index in [1.165, 1.54) is 0 Å². The quantitative estimate of drug-likeness (QED) is 0.393. The van der Waals surface area contributed by atoms with E-state index >= 15 is 0 Å². The molecule has 0 spiro atoms. The fourth-order valence-electron chi connectivity index (χ4n) is 3.10. The maximum atomic E-state index is 12.7. The van der Waals surface area contributed by atoms with Gasteiger partial charge in [0.15, 0.2) is 23.1 Å². The Labute approximate surface area is 191 Å². The van der Waals surface area contributed by atoms with Crippen molar-refractivity contribution in [1.82, 2.24) is 20.0 Å². The Morgan fingerprint density at radius 3 is 2.33 bits per heavy atom. The zero-order valence-corrected chi connectivity index (χ0v) is 18.4. The Morgan fingerprint density at radius 1 is 0.909 bits per heavy atom. The van der Waals surface area contributed by atoms with Crippen LogP contribution in [-0.2, 0) is 0 Å². The zero-order chi connectivity index (χ0) is 23.0. The normalized spacial score (nSPS) is 10.5. The molecule has 168 valence electrons. The number of anilines is 3. The molecular formula is C24H24N6O3. The smallest absolute Gasteiger partial charge is 0.255 e. The molecule has 2 aromatic heterocycles. The van der Waals surface area contributed by atoms with Crippen LogP contribution >= 0.6 is 0 Å². The molecule has 0 atom stereocenters. The molecule has 33 heavy (non-hydrogen) atoms. The van der Waals surface area contributed by atoms with Crippen LogP contribution in [0.4, 0.5) is 17.2 Å². The van der Waals surface area contributed by atoms with E-state index < -0.39 is 0 Å². The van der Waals surface area contributed by atoms with Crippen LogP contribution in [0.1, 0.15) is 24.2 Å². The Kier molecular flexibility index (Phi) is 6.79. The molecule has 0 saturated carbocycles. The number of nitrogens with one attached hydrogen (secondary N) is 2. The highest BCUT2D eigenvalue weighted by atomic mass is 16.5. The van der Waals surface area contributed by atoms with Crippen molar-refractivity contribution in [3.8, 4) is 17.3 Å². The van der Waals surface area contributed by atoms with Gasteiger partial charge in [-0.3, -0.25) is 4.79 Å². The van der Waals surface area contributed by atoms with Crippen molar-refractivity contribution in [2.75, 3.05) is 23.8 Å². The number of rotatable bonds is 9. The van der Waals surface area contributed by atoms with E-state index in [2.05, 4.69) is 25.9 Å². The number of nitrogens with zero attached hydrogens (tertiary/aromatic N) is 4. The van der Waals surface area contributed by atoms with E-state index in [0.717, 1.165) is 5.69 Å². The molecule has 0 radical (unpaired) electrons. The standard InChI is InChI=1S/C24H24N6O3/c1-3-32-20-11-6-17(16-21(20)33-4-2)24(31)27-19-9-7-18(8-10-19)26-22-12-13-23(29-28-22)30-15-5-14-25-30/h5-16H,3-4H2,1-2H3,(H,26,28)(H,27,31). The predicted octanol–water partition coefficient (Wildman–Crippen LogP) is 4.46. The summed E-state index contributed by atoms with van der Waals surface area (Å²) in [4.78, 5) is 12.7. The van der Waals surface area contributed by atoms with Crippen LogP contribution < -0.4 is 20.1 Å². The van der Waals surface area contributed by atoms with Crippen molar-refractivity contribution in [3.05, 3.63) is 78.6 Å². The minimum absolute atomic E-state index is 0.236. The summed E-state index contributed by atoms with van der Waals surface area (Å²) in [5.41, 5.74) is 1.96. The van der Waals surface area contributed by atoms with E-state index in [1.807, 2.05) is 56.3 Å². The third-order valence-electron chi connectivity index (χ3n) is 4.61. The summed E-state index contributed by atoms with van der Waals surface area (Å²) in [6, 6.07) is 17.9. The largest absolute Gasteiger partial charge is 0.490 e. The molecule has 9 heteroatoms. The molecule has 0 bridgehead atoms. The number of carbonyl (C=O) groups excluding carboxylic acids is 1. The topological polar surface area (TPSA) is 103 Å². The fourth-order valence-corrected chi connectivity index (χ4v) is 3.10. The molecule has 2 aromatic carbocycles. The van der Waals surface area contributed by atoms with Gasteiger partial charge >= 0.3 is 0 Å². The van der Waals surface area contributed by atoms with E-state index in [1.54, 1.807) is 35.3 Å². The molecule has 2 heterocycles. The second-order valence-corrected chi connectivity index (χ2v) is 6.91. The summed E-state index contributed by atoms with van der Waals surface area (Å²) in [6.07, 6.45) is 3.48. The second-order valence-electron chi connectivity index (χ2n) is 6.91. The Hall–Kier alpha value is -4.40. The number of hydrogen-bond donors (Lipinski definition) is 2. The highest BCUT2D eigenvalue weighted by molar-refractivity contribution is 6.04. The third kappa shape index (κ3) is 5.45. The minimum atomic E-state index is -0.236. The first-order valence-electron chi connectivity index (χ1n) is 10.6. The lowest BCUT2D eigenvalue weighted by molar-refractivity contribution is 0.102. The van der Waals surface area contributed by atoms with Crippen LogP contribution in [0.15, 0.2) is 73.1 Å². The Bertz CT molecular complexity index is 1190. The fraction of sp³-hybridized carbons (Fsp3) is 0.167. The lowest BCUT2D eigenvalue weighted by atomic mass is 10.1. The van der Waals surface area contributed by atoms with Gasteiger partial charge in [0.25, 0.3) is 5.91 Å². The van der Waals surface area contributed by atoms with Crippen molar-refractivity contribution in [1.29, 1.82) is 0 Å². The summed E-state index contributed by atoms with van der Waals surface area (Å²) in [5.74, 6) is 2.16. The van der Waals surface area contributed by atoms with Crippen LogP contribution in [0.5, 0.6) is 11.5 Å². The van der Waals surface area contributed by atoms with Gasteiger partial charge in [-0.05, 0) is 74.5 Å². The van der Waals surface area contributed by atoms with E-state index in [9.17, 15) is 4.79 Å². The Balaban J connectivity index is 1.39. The number of aromatic nitrogens is 4. The highest BCUT2D eigenvalue weighted by Gasteiger charge is 2.12. The second kappa shape index (κ2) is 10.3. The van der Waals surface area contributed by atoms with Crippen LogP contribution in [0.25, 0.3) is 5.82 Å². The van der Waals surface area contributed by atoms with Crippen LogP contribution in [0.3, 0.4) is 0 Å². The van der Waals surface area contributed by atoms with Crippen LogP contribution in [0, 0.1) is 0 Å². The summed E-state index contributed by atoms with van der Waals surface area (Å²) >= 11 is 0. The maximum absolute atomic E-state index is 12.7. The number of amides is 1. The molecule has 0 aliphatic rings. The molecular weight excluding hydrogens is 420 g/mol. The molecule has 4 aromatic rings. The monoisotopic (exact) mass is 444 g/mol. The van der Waals surface area contributed by atoms with Crippen molar-refractivity contribution in [2.24, 2.45) is 0 Å². The zero-order valence-electron chi connectivity index (χ0n) is 18.4. The number of benzene rings is 2. The lowest BCUT2D eigenvalue weighted by Crippen LogP contribution is -2.12. The molecule has 0 saturated heterocycles. The van der Waals surface area contributed by atoms with E-state index in [-0.39, 0.29) is 5.91 Å². The molecule has 4 rings (SSSR count). The summed E-state index contributed by atoms with van der Waals surface area (Å²) in [6.45, 7) is 4.79. The van der Waals surface area contributed by atoms with Crippen LogP contribution in [0.2, 0.25) is 0 Å². The maximum Gasteiger partial charge on any atom is 0.255 e. The van der Waals surface area contributed by atoms with Gasteiger partial charge in [0.2, 0.25) is 0 Å². The molecule has 0 unspecified atom stereocenters. The first-order chi connectivity index (χ1) is 16.2.